The van der Waals surface area contributed by atoms with Crippen molar-refractivity contribution in [3.63, 3.8) is 0 Å². The second-order valence-electron chi connectivity index (χ2n) is 6.36. The van der Waals surface area contributed by atoms with Crippen molar-refractivity contribution in [3.8, 4) is 0 Å². The number of aliphatic hydroxyl groups excluding tert-OH is 1. The molecule has 1 fully saturated rings. The zero-order chi connectivity index (χ0) is 15.9. The molecule has 0 aromatic carbocycles. The SMILES string of the molecule is CN(C)[C@@H]1CC[C@H](CO)CN(C(=O)CCc2ccccn2)C1. The number of carbonyl (C=O) groups is 1. The fraction of sp³-hybridized carbons (Fsp3) is 0.647. The summed E-state index contributed by atoms with van der Waals surface area (Å²) < 4.78 is 0. The number of likely N-dealkylation sites (N-methyl/N-ethyl adjacent to an activating group) is 1. The minimum atomic E-state index is 0.157. The summed E-state index contributed by atoms with van der Waals surface area (Å²) >= 11 is 0. The van der Waals surface area contributed by atoms with E-state index in [1.165, 1.54) is 0 Å². The summed E-state index contributed by atoms with van der Waals surface area (Å²) in [7, 11) is 4.11. The van der Waals surface area contributed by atoms with E-state index >= 15 is 0 Å². The van der Waals surface area contributed by atoms with E-state index in [0.29, 0.717) is 25.4 Å². The number of aromatic nitrogens is 1. The molecule has 22 heavy (non-hydrogen) atoms. The lowest BCUT2D eigenvalue weighted by atomic mass is 10.0. The molecule has 1 N–H and O–H groups in total. The van der Waals surface area contributed by atoms with Gasteiger partial charge in [0.25, 0.3) is 0 Å². The molecule has 1 amide bonds. The Morgan fingerprint density at radius 3 is 2.82 bits per heavy atom. The van der Waals surface area contributed by atoms with Crippen LogP contribution in [0.3, 0.4) is 0 Å². The van der Waals surface area contributed by atoms with Crippen LogP contribution in [0.5, 0.6) is 0 Å². The van der Waals surface area contributed by atoms with E-state index < -0.39 is 0 Å². The lowest BCUT2D eigenvalue weighted by molar-refractivity contribution is -0.132. The first-order chi connectivity index (χ1) is 10.6. The van der Waals surface area contributed by atoms with Crippen LogP contribution >= 0.6 is 0 Å². The molecule has 1 aliphatic heterocycles. The minimum absolute atomic E-state index is 0.157. The highest BCUT2D eigenvalue weighted by molar-refractivity contribution is 5.76. The van der Waals surface area contributed by atoms with Crippen molar-refractivity contribution in [2.24, 2.45) is 5.92 Å². The van der Waals surface area contributed by atoms with Crippen LogP contribution in [0.25, 0.3) is 0 Å². The lowest BCUT2D eigenvalue weighted by Crippen LogP contribution is -2.42. The van der Waals surface area contributed by atoms with Crippen molar-refractivity contribution in [2.75, 3.05) is 33.8 Å². The maximum Gasteiger partial charge on any atom is 0.223 e. The Morgan fingerprint density at radius 1 is 1.36 bits per heavy atom. The van der Waals surface area contributed by atoms with Crippen LogP contribution in [0, 0.1) is 5.92 Å². The fourth-order valence-corrected chi connectivity index (χ4v) is 2.96. The maximum atomic E-state index is 12.6. The largest absolute Gasteiger partial charge is 0.396 e. The molecule has 0 unspecified atom stereocenters. The molecule has 122 valence electrons. The summed E-state index contributed by atoms with van der Waals surface area (Å²) in [5.74, 6) is 0.363. The predicted molar refractivity (Wildman–Crippen MR) is 86.4 cm³/mol. The zero-order valence-electron chi connectivity index (χ0n) is 13.6. The van der Waals surface area contributed by atoms with Crippen LogP contribution in [0.1, 0.15) is 25.0 Å². The standard InChI is InChI=1S/C17H27N3O2/c1-19(2)16-8-6-14(13-21)11-20(12-16)17(22)9-7-15-5-3-4-10-18-15/h3-5,10,14,16,21H,6-9,11-13H2,1-2H3/t14-,16+/m0/s1. The molecule has 1 aliphatic rings. The highest BCUT2D eigenvalue weighted by Crippen LogP contribution is 2.20. The third-order valence-electron chi connectivity index (χ3n) is 4.48. The van der Waals surface area contributed by atoms with Gasteiger partial charge in [-0.2, -0.15) is 0 Å². The number of likely N-dealkylation sites (tertiary alicyclic amines) is 1. The van der Waals surface area contributed by atoms with E-state index in [4.69, 9.17) is 0 Å². The van der Waals surface area contributed by atoms with Gasteiger partial charge < -0.3 is 14.9 Å². The first-order valence-electron chi connectivity index (χ1n) is 8.05. The number of nitrogens with zero attached hydrogens (tertiary/aromatic N) is 3. The summed E-state index contributed by atoms with van der Waals surface area (Å²) in [6.07, 6.45) is 4.92. The molecule has 2 atom stereocenters. The van der Waals surface area contributed by atoms with Gasteiger partial charge in [-0.3, -0.25) is 9.78 Å². The molecule has 2 heterocycles. The molecule has 1 saturated heterocycles. The Morgan fingerprint density at radius 2 is 2.18 bits per heavy atom. The van der Waals surface area contributed by atoms with Gasteiger partial charge in [-0.05, 0) is 51.4 Å². The summed E-state index contributed by atoms with van der Waals surface area (Å²) in [6.45, 7) is 1.58. The molecule has 0 radical (unpaired) electrons. The van der Waals surface area contributed by atoms with Crippen LogP contribution in [-0.4, -0.2) is 65.6 Å². The van der Waals surface area contributed by atoms with Crippen molar-refractivity contribution in [1.29, 1.82) is 0 Å². The van der Waals surface area contributed by atoms with Gasteiger partial charge in [0.2, 0.25) is 5.91 Å². The van der Waals surface area contributed by atoms with E-state index in [-0.39, 0.29) is 18.4 Å². The molecule has 2 rings (SSSR count). The molecule has 1 aromatic rings. The van der Waals surface area contributed by atoms with Crippen LogP contribution in [0.15, 0.2) is 24.4 Å². The van der Waals surface area contributed by atoms with E-state index in [2.05, 4.69) is 24.0 Å². The number of carbonyl (C=O) groups excluding carboxylic acids is 1. The monoisotopic (exact) mass is 305 g/mol. The van der Waals surface area contributed by atoms with Gasteiger partial charge in [-0.25, -0.2) is 0 Å². The van der Waals surface area contributed by atoms with Crippen molar-refractivity contribution in [3.05, 3.63) is 30.1 Å². The fourth-order valence-electron chi connectivity index (χ4n) is 2.96. The normalized spacial score (nSPS) is 22.6. The van der Waals surface area contributed by atoms with Gasteiger partial charge in [0.15, 0.2) is 0 Å². The summed E-state index contributed by atoms with van der Waals surface area (Å²) in [4.78, 5) is 20.9. The Bertz CT molecular complexity index is 464. The van der Waals surface area contributed by atoms with E-state index in [0.717, 1.165) is 25.1 Å². The number of aliphatic hydroxyl groups is 1. The highest BCUT2D eigenvalue weighted by atomic mass is 16.3. The molecular formula is C17H27N3O2. The average molecular weight is 305 g/mol. The van der Waals surface area contributed by atoms with Gasteiger partial charge in [-0.15, -0.1) is 0 Å². The molecule has 0 aliphatic carbocycles. The second kappa shape index (κ2) is 8.25. The van der Waals surface area contributed by atoms with Gasteiger partial charge >= 0.3 is 0 Å². The Hall–Kier alpha value is -1.46. The van der Waals surface area contributed by atoms with E-state index in [1.54, 1.807) is 6.20 Å². The average Bonchev–Trinajstić information content (AvgIpc) is 2.76. The quantitative estimate of drug-likeness (QED) is 0.887. The smallest absolute Gasteiger partial charge is 0.223 e. The molecular weight excluding hydrogens is 278 g/mol. The topological polar surface area (TPSA) is 56.7 Å². The van der Waals surface area contributed by atoms with Crippen molar-refractivity contribution in [1.82, 2.24) is 14.8 Å². The van der Waals surface area contributed by atoms with Crippen LogP contribution < -0.4 is 0 Å². The Kier molecular flexibility index (Phi) is 6.34. The third kappa shape index (κ3) is 4.78. The summed E-state index contributed by atoms with van der Waals surface area (Å²) in [5, 5.41) is 9.49. The number of hydrogen-bond donors (Lipinski definition) is 1. The highest BCUT2D eigenvalue weighted by Gasteiger charge is 2.27. The molecule has 5 nitrogen and oxygen atoms in total. The van der Waals surface area contributed by atoms with Crippen molar-refractivity contribution < 1.29 is 9.90 Å². The molecule has 0 spiro atoms. The van der Waals surface area contributed by atoms with Crippen molar-refractivity contribution in [2.45, 2.75) is 31.7 Å². The van der Waals surface area contributed by atoms with Crippen LogP contribution in [0.2, 0.25) is 0 Å². The maximum absolute atomic E-state index is 12.6. The molecule has 0 saturated carbocycles. The first kappa shape index (κ1) is 16.9. The molecule has 0 bridgehead atoms. The Labute approximate surface area is 132 Å². The molecule has 1 aromatic heterocycles. The number of aryl methyl sites for hydroxylation is 1. The van der Waals surface area contributed by atoms with Crippen LogP contribution in [-0.2, 0) is 11.2 Å². The van der Waals surface area contributed by atoms with Gasteiger partial charge in [0.05, 0.1) is 0 Å². The lowest BCUT2D eigenvalue weighted by Gasteiger charge is -2.29. The Balaban J connectivity index is 1.95. The number of hydrogen-bond acceptors (Lipinski definition) is 4. The van der Waals surface area contributed by atoms with Gasteiger partial charge in [0.1, 0.15) is 0 Å². The summed E-state index contributed by atoms with van der Waals surface area (Å²) in [6, 6.07) is 6.15. The van der Waals surface area contributed by atoms with Gasteiger partial charge in [-0.1, -0.05) is 6.07 Å². The second-order valence-corrected chi connectivity index (χ2v) is 6.36. The molecule has 5 heteroatoms. The first-order valence-corrected chi connectivity index (χ1v) is 8.05. The summed E-state index contributed by atoms with van der Waals surface area (Å²) in [5.41, 5.74) is 0.952. The van der Waals surface area contributed by atoms with Gasteiger partial charge in [0, 0.05) is 44.0 Å². The minimum Gasteiger partial charge on any atom is -0.396 e. The zero-order valence-corrected chi connectivity index (χ0v) is 13.6. The van der Waals surface area contributed by atoms with Crippen molar-refractivity contribution >= 4 is 5.91 Å². The van der Waals surface area contributed by atoms with E-state index in [9.17, 15) is 9.90 Å². The number of rotatable bonds is 5. The number of amides is 1. The number of pyridine rings is 1. The van der Waals surface area contributed by atoms with E-state index in [1.807, 2.05) is 23.1 Å². The predicted octanol–water partition coefficient (Wildman–Crippen LogP) is 1.18. The third-order valence-corrected chi connectivity index (χ3v) is 4.48. The van der Waals surface area contributed by atoms with Crippen LogP contribution in [0.4, 0.5) is 0 Å².